The second-order valence-corrected chi connectivity index (χ2v) is 7.23. The van der Waals surface area contributed by atoms with E-state index in [2.05, 4.69) is 9.97 Å². The van der Waals surface area contributed by atoms with E-state index in [9.17, 15) is 4.79 Å². The van der Waals surface area contributed by atoms with Gasteiger partial charge in [0.25, 0.3) is 12.4 Å². The van der Waals surface area contributed by atoms with Gasteiger partial charge in [-0.05, 0) is 36.2 Å². The maximum atomic E-state index is 13.3. The standard InChI is InChI=1S/C21H20ClN3O2.CH2O2/c1-13-5-3-8-17(22)19(13)21(26)25-10-16(20-18(11-25)23-12-24-20)14-6-4-7-15(9-14)27-2;2-1-3/h3-9,12,16H,10-11H2,1-2H3,(H,23,24);1H,(H,2,3). The third kappa shape index (κ3) is 4.31. The number of methoxy groups -OCH3 is 1. The van der Waals surface area contributed by atoms with Crippen LogP contribution in [0.25, 0.3) is 0 Å². The summed E-state index contributed by atoms with van der Waals surface area (Å²) in [4.78, 5) is 31.1. The minimum atomic E-state index is -0.250. The zero-order valence-corrected chi connectivity index (χ0v) is 17.4. The van der Waals surface area contributed by atoms with Crippen LogP contribution in [0.3, 0.4) is 0 Å². The normalized spacial score (nSPS) is 14.9. The molecule has 1 aromatic heterocycles. The largest absolute Gasteiger partial charge is 0.497 e. The maximum absolute atomic E-state index is 13.3. The Morgan fingerprint density at radius 2 is 2.07 bits per heavy atom. The molecule has 0 fully saturated rings. The van der Waals surface area contributed by atoms with Crippen LogP contribution in [0, 0.1) is 6.92 Å². The number of hydrogen-bond acceptors (Lipinski definition) is 4. The number of fused-ring (bicyclic) bond motifs is 1. The number of nitrogens with zero attached hydrogens (tertiary/aromatic N) is 2. The Bertz CT molecular complexity index is 1030. The van der Waals surface area contributed by atoms with Crippen molar-refractivity contribution in [1.82, 2.24) is 14.9 Å². The molecule has 30 heavy (non-hydrogen) atoms. The van der Waals surface area contributed by atoms with E-state index in [0.717, 1.165) is 28.3 Å². The van der Waals surface area contributed by atoms with Gasteiger partial charge in [0, 0.05) is 12.5 Å². The zero-order valence-electron chi connectivity index (χ0n) is 16.6. The number of ether oxygens (including phenoxy) is 1. The van der Waals surface area contributed by atoms with Gasteiger partial charge in [-0.3, -0.25) is 9.59 Å². The number of H-pyrrole nitrogens is 1. The first-order valence-corrected chi connectivity index (χ1v) is 9.66. The van der Waals surface area contributed by atoms with Crippen molar-refractivity contribution >= 4 is 24.0 Å². The van der Waals surface area contributed by atoms with Crippen LogP contribution in [0.4, 0.5) is 0 Å². The molecule has 2 heterocycles. The maximum Gasteiger partial charge on any atom is 0.290 e. The molecule has 7 nitrogen and oxygen atoms in total. The smallest absolute Gasteiger partial charge is 0.290 e. The lowest BCUT2D eigenvalue weighted by Crippen LogP contribution is -2.39. The third-order valence-electron chi connectivity index (χ3n) is 5.05. The number of benzene rings is 2. The van der Waals surface area contributed by atoms with Gasteiger partial charge in [0.2, 0.25) is 0 Å². The summed E-state index contributed by atoms with van der Waals surface area (Å²) in [5.74, 6) is 0.697. The second-order valence-electron chi connectivity index (χ2n) is 6.82. The number of hydrogen-bond donors (Lipinski definition) is 2. The lowest BCUT2D eigenvalue weighted by atomic mass is 9.90. The molecule has 1 aliphatic heterocycles. The summed E-state index contributed by atoms with van der Waals surface area (Å²) in [5.41, 5.74) is 4.43. The molecule has 1 aliphatic rings. The van der Waals surface area contributed by atoms with Gasteiger partial charge in [0.1, 0.15) is 5.75 Å². The number of rotatable bonds is 3. The molecule has 2 N–H and O–H groups in total. The number of imidazole rings is 1. The lowest BCUT2D eigenvalue weighted by molar-refractivity contribution is -0.122. The summed E-state index contributed by atoms with van der Waals surface area (Å²) in [7, 11) is 1.65. The van der Waals surface area contributed by atoms with E-state index < -0.39 is 0 Å². The first kappa shape index (κ1) is 21.4. The lowest BCUT2D eigenvalue weighted by Gasteiger charge is -2.33. The molecule has 2 aromatic carbocycles. The molecule has 1 unspecified atom stereocenters. The Balaban J connectivity index is 0.000000806. The molecule has 1 amide bonds. The summed E-state index contributed by atoms with van der Waals surface area (Å²) < 4.78 is 5.36. The fraction of sp³-hybridized carbons (Fsp3) is 0.227. The summed E-state index contributed by atoms with van der Waals surface area (Å²) in [6, 6.07) is 13.4. The average Bonchev–Trinajstić information content (AvgIpc) is 3.22. The van der Waals surface area contributed by atoms with Crippen molar-refractivity contribution in [2.45, 2.75) is 19.4 Å². The first-order valence-electron chi connectivity index (χ1n) is 9.28. The molecule has 0 saturated heterocycles. The van der Waals surface area contributed by atoms with Crippen LogP contribution in [0.15, 0.2) is 48.8 Å². The van der Waals surface area contributed by atoms with Crippen LogP contribution in [-0.4, -0.2) is 46.0 Å². The van der Waals surface area contributed by atoms with Gasteiger partial charge >= 0.3 is 0 Å². The van der Waals surface area contributed by atoms with Crippen molar-refractivity contribution in [3.8, 4) is 5.75 Å². The monoisotopic (exact) mass is 427 g/mol. The predicted octanol–water partition coefficient (Wildman–Crippen LogP) is 3.87. The number of carbonyl (C=O) groups is 2. The van der Waals surface area contributed by atoms with E-state index >= 15 is 0 Å². The van der Waals surface area contributed by atoms with Crippen LogP contribution in [0.2, 0.25) is 5.02 Å². The Kier molecular flexibility index (Phi) is 6.74. The van der Waals surface area contributed by atoms with Crippen molar-refractivity contribution in [3.05, 3.63) is 81.9 Å². The van der Waals surface area contributed by atoms with E-state index in [0.29, 0.717) is 23.7 Å². The molecule has 156 valence electrons. The van der Waals surface area contributed by atoms with Crippen LogP contribution < -0.4 is 4.74 Å². The number of nitrogens with one attached hydrogen (secondary N) is 1. The highest BCUT2D eigenvalue weighted by atomic mass is 35.5. The number of aromatic amines is 1. The van der Waals surface area contributed by atoms with E-state index in [1.54, 1.807) is 19.5 Å². The topological polar surface area (TPSA) is 95.5 Å². The summed E-state index contributed by atoms with van der Waals surface area (Å²) in [6.45, 7) is 2.68. The van der Waals surface area contributed by atoms with Crippen LogP contribution in [0.5, 0.6) is 5.75 Å². The summed E-state index contributed by atoms with van der Waals surface area (Å²) >= 11 is 6.33. The molecular formula is C22H22ClN3O4. The van der Waals surface area contributed by atoms with Crippen molar-refractivity contribution in [1.29, 1.82) is 0 Å². The third-order valence-corrected chi connectivity index (χ3v) is 5.37. The highest BCUT2D eigenvalue weighted by molar-refractivity contribution is 6.34. The molecule has 8 heteroatoms. The Labute approximate surface area is 179 Å². The van der Waals surface area contributed by atoms with Gasteiger partial charge in [-0.2, -0.15) is 0 Å². The number of aryl methyl sites for hydroxylation is 1. The van der Waals surface area contributed by atoms with Crippen molar-refractivity contribution in [3.63, 3.8) is 0 Å². The van der Waals surface area contributed by atoms with Gasteiger partial charge < -0.3 is 19.7 Å². The van der Waals surface area contributed by atoms with E-state index in [1.165, 1.54) is 0 Å². The Hall–Kier alpha value is -3.32. The predicted molar refractivity (Wildman–Crippen MR) is 113 cm³/mol. The molecule has 0 bridgehead atoms. The number of aromatic nitrogens is 2. The van der Waals surface area contributed by atoms with Gasteiger partial charge in [-0.1, -0.05) is 35.9 Å². The highest BCUT2D eigenvalue weighted by Gasteiger charge is 2.33. The van der Waals surface area contributed by atoms with Crippen LogP contribution in [0.1, 0.15) is 38.8 Å². The minimum Gasteiger partial charge on any atom is -0.497 e. The van der Waals surface area contributed by atoms with Gasteiger partial charge in [-0.25, -0.2) is 4.98 Å². The molecular weight excluding hydrogens is 406 g/mol. The van der Waals surface area contributed by atoms with Crippen molar-refractivity contribution in [2.75, 3.05) is 13.7 Å². The quantitative estimate of drug-likeness (QED) is 0.618. The summed E-state index contributed by atoms with van der Waals surface area (Å²) in [6.07, 6.45) is 1.69. The van der Waals surface area contributed by atoms with Crippen LogP contribution >= 0.6 is 11.6 Å². The Morgan fingerprint density at radius 1 is 1.33 bits per heavy atom. The molecule has 0 aliphatic carbocycles. The van der Waals surface area contributed by atoms with E-state index in [1.807, 2.05) is 48.2 Å². The number of halogens is 1. The van der Waals surface area contributed by atoms with E-state index in [-0.39, 0.29) is 18.3 Å². The van der Waals surface area contributed by atoms with Gasteiger partial charge in [0.15, 0.2) is 0 Å². The zero-order chi connectivity index (χ0) is 21.7. The van der Waals surface area contributed by atoms with E-state index in [4.69, 9.17) is 26.2 Å². The minimum absolute atomic E-state index is 0.0261. The fourth-order valence-corrected chi connectivity index (χ4v) is 3.96. The van der Waals surface area contributed by atoms with Crippen molar-refractivity contribution < 1.29 is 19.4 Å². The second kappa shape index (κ2) is 9.45. The molecule has 4 rings (SSSR count). The molecule has 3 aromatic rings. The fourth-order valence-electron chi connectivity index (χ4n) is 3.66. The SMILES string of the molecule is COc1cccc(C2CN(C(=O)c3c(C)cccc3Cl)Cc3[nH]cnc32)c1.O=CO. The molecule has 0 radical (unpaired) electrons. The first-order chi connectivity index (χ1) is 14.5. The molecule has 1 atom stereocenters. The Morgan fingerprint density at radius 3 is 2.77 bits per heavy atom. The van der Waals surface area contributed by atoms with Gasteiger partial charge in [-0.15, -0.1) is 0 Å². The van der Waals surface area contributed by atoms with Crippen LogP contribution in [-0.2, 0) is 11.3 Å². The van der Waals surface area contributed by atoms with Gasteiger partial charge in [0.05, 0.1) is 42.0 Å². The molecule has 0 spiro atoms. The van der Waals surface area contributed by atoms with Crippen molar-refractivity contribution in [2.24, 2.45) is 0 Å². The number of amides is 1. The average molecular weight is 428 g/mol. The number of carbonyl (C=O) groups excluding carboxylic acids is 1. The number of carboxylic acid groups (broad SMARTS) is 1. The summed E-state index contributed by atoms with van der Waals surface area (Å²) in [5, 5.41) is 7.37. The molecule has 0 saturated carbocycles. The highest BCUT2D eigenvalue weighted by Crippen LogP contribution is 2.34.